The van der Waals surface area contributed by atoms with E-state index in [0.29, 0.717) is 13.0 Å². The topological polar surface area (TPSA) is 40.5 Å². The standard InChI is InChI=1S/C10H10BrNO2/c11-8-2-1-7-5-10(14)12(3-4-13)9(7)6-8/h1-2,6,13H,3-5H2. The van der Waals surface area contributed by atoms with Crippen LogP contribution in [0.15, 0.2) is 22.7 Å². The summed E-state index contributed by atoms with van der Waals surface area (Å²) < 4.78 is 0.953. The van der Waals surface area contributed by atoms with Crippen molar-refractivity contribution in [1.82, 2.24) is 0 Å². The van der Waals surface area contributed by atoms with Crippen molar-refractivity contribution in [3.63, 3.8) is 0 Å². The van der Waals surface area contributed by atoms with Crippen LogP contribution in [0, 0.1) is 0 Å². The lowest BCUT2D eigenvalue weighted by molar-refractivity contribution is -0.117. The first-order valence-corrected chi connectivity index (χ1v) is 5.21. The van der Waals surface area contributed by atoms with Gasteiger partial charge in [-0.25, -0.2) is 0 Å². The molecule has 1 aromatic rings. The van der Waals surface area contributed by atoms with Gasteiger partial charge in [0, 0.05) is 16.7 Å². The van der Waals surface area contributed by atoms with E-state index in [1.54, 1.807) is 4.90 Å². The largest absolute Gasteiger partial charge is 0.395 e. The molecule has 14 heavy (non-hydrogen) atoms. The highest BCUT2D eigenvalue weighted by molar-refractivity contribution is 9.10. The van der Waals surface area contributed by atoms with Gasteiger partial charge < -0.3 is 10.0 Å². The fraction of sp³-hybridized carbons (Fsp3) is 0.300. The molecule has 1 aliphatic rings. The maximum absolute atomic E-state index is 11.5. The third kappa shape index (κ3) is 1.55. The molecule has 4 heteroatoms. The lowest BCUT2D eigenvalue weighted by Gasteiger charge is -2.15. The maximum atomic E-state index is 11.5. The van der Waals surface area contributed by atoms with Crippen LogP contribution in [0.3, 0.4) is 0 Å². The molecule has 1 amide bonds. The summed E-state index contributed by atoms with van der Waals surface area (Å²) in [7, 11) is 0. The average Bonchev–Trinajstić information content (AvgIpc) is 2.45. The van der Waals surface area contributed by atoms with Crippen LogP contribution in [-0.4, -0.2) is 24.2 Å². The first-order chi connectivity index (χ1) is 6.72. The molecule has 0 unspecified atom stereocenters. The molecule has 0 radical (unpaired) electrons. The molecule has 0 aromatic heterocycles. The Kier molecular flexibility index (Phi) is 2.56. The number of β-amino-alcohol motifs (C(OH)–C–C–N with tert-alkyl or cyclic N) is 1. The highest BCUT2D eigenvalue weighted by atomic mass is 79.9. The van der Waals surface area contributed by atoms with Gasteiger partial charge in [0.15, 0.2) is 0 Å². The predicted molar refractivity (Wildman–Crippen MR) is 57.3 cm³/mol. The minimum atomic E-state index is -0.00229. The van der Waals surface area contributed by atoms with Gasteiger partial charge in [-0.2, -0.15) is 0 Å². The molecule has 3 nitrogen and oxygen atoms in total. The number of halogens is 1. The van der Waals surface area contributed by atoms with Gasteiger partial charge in [0.2, 0.25) is 5.91 Å². The zero-order chi connectivity index (χ0) is 10.1. The molecule has 1 heterocycles. The molecule has 0 fully saturated rings. The molecule has 1 aromatic carbocycles. The Bertz CT molecular complexity index is 378. The number of anilines is 1. The van der Waals surface area contributed by atoms with E-state index in [0.717, 1.165) is 15.7 Å². The number of amides is 1. The molecule has 1 aliphatic heterocycles. The molecular formula is C10H10BrNO2. The minimum absolute atomic E-state index is 0.00229. The van der Waals surface area contributed by atoms with E-state index in [1.165, 1.54) is 0 Å². The smallest absolute Gasteiger partial charge is 0.231 e. The second-order valence-corrected chi connectivity index (χ2v) is 4.13. The van der Waals surface area contributed by atoms with Crippen LogP contribution in [0.2, 0.25) is 0 Å². The molecule has 0 bridgehead atoms. The van der Waals surface area contributed by atoms with E-state index in [-0.39, 0.29) is 12.5 Å². The van der Waals surface area contributed by atoms with E-state index in [1.807, 2.05) is 18.2 Å². The van der Waals surface area contributed by atoms with Crippen molar-refractivity contribution in [2.24, 2.45) is 0 Å². The maximum Gasteiger partial charge on any atom is 0.231 e. The number of nitrogens with zero attached hydrogens (tertiary/aromatic N) is 1. The molecule has 74 valence electrons. The van der Waals surface area contributed by atoms with Crippen LogP contribution in [0.4, 0.5) is 5.69 Å². The van der Waals surface area contributed by atoms with Gasteiger partial charge in [-0.15, -0.1) is 0 Å². The molecule has 0 saturated carbocycles. The van der Waals surface area contributed by atoms with Crippen LogP contribution < -0.4 is 4.90 Å². The molecule has 0 spiro atoms. The van der Waals surface area contributed by atoms with Crippen molar-refractivity contribution >= 4 is 27.5 Å². The molecule has 0 aliphatic carbocycles. The molecule has 0 atom stereocenters. The summed E-state index contributed by atoms with van der Waals surface area (Å²) in [5.74, 6) is 0.0622. The number of hydrogen-bond acceptors (Lipinski definition) is 2. The van der Waals surface area contributed by atoms with Gasteiger partial charge in [0.25, 0.3) is 0 Å². The van der Waals surface area contributed by atoms with Crippen LogP contribution >= 0.6 is 15.9 Å². The number of rotatable bonds is 2. The van der Waals surface area contributed by atoms with Crippen molar-refractivity contribution < 1.29 is 9.90 Å². The van der Waals surface area contributed by atoms with Gasteiger partial charge in [-0.05, 0) is 17.7 Å². The summed E-state index contributed by atoms with van der Waals surface area (Å²) in [5, 5.41) is 8.83. The Morgan fingerprint density at radius 2 is 2.29 bits per heavy atom. The van der Waals surface area contributed by atoms with Crippen LogP contribution in [0.5, 0.6) is 0 Å². The Morgan fingerprint density at radius 1 is 1.50 bits per heavy atom. The van der Waals surface area contributed by atoms with E-state index in [4.69, 9.17) is 5.11 Å². The van der Waals surface area contributed by atoms with Crippen molar-refractivity contribution in [3.05, 3.63) is 28.2 Å². The van der Waals surface area contributed by atoms with Gasteiger partial charge in [0.1, 0.15) is 0 Å². The van der Waals surface area contributed by atoms with Crippen LogP contribution in [0.25, 0.3) is 0 Å². The van der Waals surface area contributed by atoms with E-state index >= 15 is 0 Å². The molecule has 0 saturated heterocycles. The predicted octanol–water partition coefficient (Wildman–Crippen LogP) is 1.33. The number of hydrogen-bond donors (Lipinski definition) is 1. The normalized spacial score (nSPS) is 14.7. The van der Waals surface area contributed by atoms with Gasteiger partial charge in [-0.1, -0.05) is 22.0 Å². The highest BCUT2D eigenvalue weighted by Crippen LogP contribution is 2.31. The number of carbonyl (C=O) groups excluding carboxylic acids is 1. The van der Waals surface area contributed by atoms with Crippen molar-refractivity contribution in [2.75, 3.05) is 18.1 Å². The average molecular weight is 256 g/mol. The fourth-order valence-electron chi connectivity index (χ4n) is 1.68. The summed E-state index contributed by atoms with van der Waals surface area (Å²) in [4.78, 5) is 13.2. The molecule has 2 rings (SSSR count). The van der Waals surface area contributed by atoms with Crippen LogP contribution in [0.1, 0.15) is 5.56 Å². The summed E-state index contributed by atoms with van der Waals surface area (Å²) >= 11 is 3.36. The van der Waals surface area contributed by atoms with E-state index < -0.39 is 0 Å². The summed E-state index contributed by atoms with van der Waals surface area (Å²) in [6, 6.07) is 5.78. The fourth-order valence-corrected chi connectivity index (χ4v) is 2.02. The zero-order valence-electron chi connectivity index (χ0n) is 7.53. The first kappa shape index (κ1) is 9.68. The Balaban J connectivity index is 2.39. The van der Waals surface area contributed by atoms with E-state index in [2.05, 4.69) is 15.9 Å². The Hall–Kier alpha value is -0.870. The van der Waals surface area contributed by atoms with Gasteiger partial charge in [0.05, 0.1) is 13.0 Å². The number of benzene rings is 1. The summed E-state index contributed by atoms with van der Waals surface area (Å²) in [5.41, 5.74) is 1.95. The van der Waals surface area contributed by atoms with Gasteiger partial charge in [-0.3, -0.25) is 4.79 Å². The lowest BCUT2D eigenvalue weighted by atomic mass is 10.2. The second kappa shape index (κ2) is 3.71. The van der Waals surface area contributed by atoms with Crippen molar-refractivity contribution in [2.45, 2.75) is 6.42 Å². The number of fused-ring (bicyclic) bond motifs is 1. The van der Waals surface area contributed by atoms with E-state index in [9.17, 15) is 4.79 Å². The second-order valence-electron chi connectivity index (χ2n) is 3.22. The number of aliphatic hydroxyl groups excluding tert-OH is 1. The number of aliphatic hydroxyl groups is 1. The quantitative estimate of drug-likeness (QED) is 0.867. The zero-order valence-corrected chi connectivity index (χ0v) is 9.12. The van der Waals surface area contributed by atoms with Gasteiger partial charge >= 0.3 is 0 Å². The van der Waals surface area contributed by atoms with Crippen molar-refractivity contribution in [1.29, 1.82) is 0 Å². The Labute approximate surface area is 90.5 Å². The SMILES string of the molecule is O=C1Cc2ccc(Br)cc2N1CCO. The lowest BCUT2D eigenvalue weighted by Crippen LogP contribution is -2.29. The summed E-state index contributed by atoms with van der Waals surface area (Å²) in [6.07, 6.45) is 0.447. The molecule has 1 N–H and O–H groups in total. The monoisotopic (exact) mass is 255 g/mol. The molecular weight excluding hydrogens is 246 g/mol. The summed E-state index contributed by atoms with van der Waals surface area (Å²) in [6.45, 7) is 0.375. The van der Waals surface area contributed by atoms with Crippen LogP contribution in [-0.2, 0) is 11.2 Å². The third-order valence-corrected chi connectivity index (χ3v) is 2.80. The highest BCUT2D eigenvalue weighted by Gasteiger charge is 2.26. The minimum Gasteiger partial charge on any atom is -0.395 e. The Morgan fingerprint density at radius 3 is 3.00 bits per heavy atom. The first-order valence-electron chi connectivity index (χ1n) is 4.42. The third-order valence-electron chi connectivity index (χ3n) is 2.30. The van der Waals surface area contributed by atoms with Crippen molar-refractivity contribution in [3.8, 4) is 0 Å². The number of carbonyl (C=O) groups is 1.